The molecule has 0 bridgehead atoms. The molecular weight excluding hydrogens is 432 g/mol. The largest absolute Gasteiger partial charge is 0.493 e. The SMILES string of the molecule is C=CCSc1nc(O)c(C2OC(=O)c3c2ccc(OC)c3OC)c(=O)n1-c1ccccc1. The highest BCUT2D eigenvalue weighted by Crippen LogP contribution is 2.45. The Labute approximate surface area is 188 Å². The van der Waals surface area contributed by atoms with Crippen LogP contribution in [-0.2, 0) is 4.74 Å². The molecule has 0 spiro atoms. The van der Waals surface area contributed by atoms with Crippen molar-refractivity contribution in [3.8, 4) is 23.1 Å². The van der Waals surface area contributed by atoms with E-state index in [-0.39, 0.29) is 16.9 Å². The highest BCUT2D eigenvalue weighted by molar-refractivity contribution is 7.99. The van der Waals surface area contributed by atoms with Gasteiger partial charge in [-0.05, 0) is 18.2 Å². The van der Waals surface area contributed by atoms with Crippen LogP contribution < -0.4 is 15.0 Å². The summed E-state index contributed by atoms with van der Waals surface area (Å²) in [5.41, 5.74) is 0.404. The number of benzene rings is 2. The number of thioether (sulfide) groups is 1. The predicted molar refractivity (Wildman–Crippen MR) is 119 cm³/mol. The van der Waals surface area contributed by atoms with Gasteiger partial charge in [-0.1, -0.05) is 42.1 Å². The average Bonchev–Trinajstić information content (AvgIpc) is 3.13. The number of carbonyl (C=O) groups is 1. The molecule has 9 heteroatoms. The number of aromatic hydroxyl groups is 1. The van der Waals surface area contributed by atoms with E-state index in [1.165, 1.54) is 30.5 Å². The Morgan fingerprint density at radius 2 is 1.94 bits per heavy atom. The Bertz CT molecular complexity index is 1260. The molecule has 1 N–H and O–H groups in total. The molecular formula is C23H20N2O6S. The minimum Gasteiger partial charge on any atom is -0.493 e. The normalized spacial score (nSPS) is 14.6. The zero-order valence-corrected chi connectivity index (χ0v) is 18.2. The van der Waals surface area contributed by atoms with Gasteiger partial charge in [0.25, 0.3) is 5.56 Å². The van der Waals surface area contributed by atoms with Gasteiger partial charge < -0.3 is 19.3 Å². The standard InChI is InChI=1S/C23H20N2O6S/c1-4-12-32-23-24-20(26)17(21(27)25(23)13-8-6-5-7-9-13)18-14-10-11-15(29-2)19(30-3)16(14)22(28)31-18/h4-11,18,26H,1,12H2,2-3H3. The van der Waals surface area contributed by atoms with Crippen molar-refractivity contribution in [1.82, 2.24) is 9.55 Å². The highest BCUT2D eigenvalue weighted by atomic mass is 32.2. The highest BCUT2D eigenvalue weighted by Gasteiger charge is 2.40. The van der Waals surface area contributed by atoms with Crippen molar-refractivity contribution in [3.05, 3.63) is 82.2 Å². The third kappa shape index (κ3) is 3.50. The number of fused-ring (bicyclic) bond motifs is 1. The maximum absolute atomic E-state index is 13.6. The van der Waals surface area contributed by atoms with Crippen LogP contribution >= 0.6 is 11.8 Å². The topological polar surface area (TPSA) is 99.9 Å². The lowest BCUT2D eigenvalue weighted by Gasteiger charge is -2.17. The molecule has 32 heavy (non-hydrogen) atoms. The van der Waals surface area contributed by atoms with Crippen molar-refractivity contribution in [2.75, 3.05) is 20.0 Å². The second-order valence-corrected chi connectivity index (χ2v) is 7.75. The molecule has 8 nitrogen and oxygen atoms in total. The van der Waals surface area contributed by atoms with Gasteiger partial charge in [-0.3, -0.25) is 9.36 Å². The van der Waals surface area contributed by atoms with Crippen LogP contribution in [0.5, 0.6) is 17.4 Å². The minimum absolute atomic E-state index is 0.142. The minimum atomic E-state index is -1.15. The Balaban J connectivity index is 1.94. The van der Waals surface area contributed by atoms with Crippen LogP contribution in [0.25, 0.3) is 5.69 Å². The van der Waals surface area contributed by atoms with E-state index in [2.05, 4.69) is 11.6 Å². The van der Waals surface area contributed by atoms with Crippen molar-refractivity contribution in [3.63, 3.8) is 0 Å². The molecule has 164 valence electrons. The fourth-order valence-corrected chi connectivity index (χ4v) is 4.32. The summed E-state index contributed by atoms with van der Waals surface area (Å²) in [4.78, 5) is 30.6. The number of cyclic esters (lactones) is 1. The molecule has 2 heterocycles. The number of carbonyl (C=O) groups excluding carboxylic acids is 1. The Morgan fingerprint density at radius 1 is 1.19 bits per heavy atom. The number of para-hydroxylation sites is 1. The predicted octanol–water partition coefficient (Wildman–Crippen LogP) is 3.49. The molecule has 1 aromatic heterocycles. The van der Waals surface area contributed by atoms with Gasteiger partial charge >= 0.3 is 5.97 Å². The molecule has 0 aliphatic carbocycles. The molecule has 0 amide bonds. The maximum Gasteiger partial charge on any atom is 0.343 e. The summed E-state index contributed by atoms with van der Waals surface area (Å²) in [5.74, 6) is -0.156. The first-order valence-electron chi connectivity index (χ1n) is 9.62. The van der Waals surface area contributed by atoms with E-state index in [0.29, 0.717) is 27.9 Å². The van der Waals surface area contributed by atoms with E-state index < -0.39 is 23.5 Å². The van der Waals surface area contributed by atoms with Gasteiger partial charge in [0, 0.05) is 11.3 Å². The van der Waals surface area contributed by atoms with E-state index in [4.69, 9.17) is 14.2 Å². The summed E-state index contributed by atoms with van der Waals surface area (Å²) in [7, 11) is 2.86. The number of nitrogens with zero attached hydrogens (tertiary/aromatic N) is 2. The lowest BCUT2D eigenvalue weighted by molar-refractivity contribution is 0.0447. The average molecular weight is 452 g/mol. The fraction of sp³-hybridized carbons (Fsp3) is 0.174. The lowest BCUT2D eigenvalue weighted by atomic mass is 9.99. The van der Waals surface area contributed by atoms with Crippen LogP contribution in [-0.4, -0.2) is 40.6 Å². The van der Waals surface area contributed by atoms with E-state index in [1.807, 2.05) is 6.07 Å². The summed E-state index contributed by atoms with van der Waals surface area (Å²) >= 11 is 1.25. The number of hydrogen-bond donors (Lipinski definition) is 1. The Hall–Kier alpha value is -3.72. The maximum atomic E-state index is 13.6. The van der Waals surface area contributed by atoms with Crippen molar-refractivity contribution in [1.29, 1.82) is 0 Å². The summed E-state index contributed by atoms with van der Waals surface area (Å²) in [6.07, 6.45) is 0.525. The van der Waals surface area contributed by atoms with Crippen LogP contribution in [0.4, 0.5) is 0 Å². The van der Waals surface area contributed by atoms with Crippen molar-refractivity contribution < 1.29 is 24.1 Å². The van der Waals surface area contributed by atoms with Crippen LogP contribution in [0.2, 0.25) is 0 Å². The van der Waals surface area contributed by atoms with Gasteiger partial charge in [0.05, 0.1) is 19.9 Å². The summed E-state index contributed by atoms with van der Waals surface area (Å²) < 4.78 is 17.5. The molecule has 1 unspecified atom stereocenters. The Kier molecular flexibility index (Phi) is 5.91. The van der Waals surface area contributed by atoms with E-state index >= 15 is 0 Å². The molecule has 4 rings (SSSR count). The molecule has 1 aliphatic rings. The number of ether oxygens (including phenoxy) is 3. The number of methoxy groups -OCH3 is 2. The first kappa shape index (κ1) is 21.5. The quantitative estimate of drug-likeness (QED) is 0.252. The third-order valence-corrected chi connectivity index (χ3v) is 5.90. The molecule has 0 radical (unpaired) electrons. The van der Waals surface area contributed by atoms with Crippen LogP contribution in [0.15, 0.2) is 65.1 Å². The molecule has 0 saturated heterocycles. The van der Waals surface area contributed by atoms with Gasteiger partial charge in [0.15, 0.2) is 22.8 Å². The number of aromatic nitrogens is 2. The summed E-state index contributed by atoms with van der Waals surface area (Å²) in [6, 6.07) is 12.1. The number of hydrogen-bond acceptors (Lipinski definition) is 8. The van der Waals surface area contributed by atoms with E-state index in [0.717, 1.165) is 0 Å². The molecule has 3 aromatic rings. The zero-order valence-electron chi connectivity index (χ0n) is 17.4. The molecule has 1 atom stereocenters. The Morgan fingerprint density at radius 3 is 2.59 bits per heavy atom. The van der Waals surface area contributed by atoms with Crippen LogP contribution in [0.1, 0.15) is 27.6 Å². The fourth-order valence-electron chi connectivity index (χ4n) is 3.58. The molecule has 0 saturated carbocycles. The molecule has 1 aliphatic heterocycles. The monoisotopic (exact) mass is 452 g/mol. The van der Waals surface area contributed by atoms with Gasteiger partial charge in [0.2, 0.25) is 5.88 Å². The van der Waals surface area contributed by atoms with Crippen LogP contribution in [0.3, 0.4) is 0 Å². The first-order chi connectivity index (χ1) is 15.5. The zero-order chi connectivity index (χ0) is 22.8. The number of esters is 1. The van der Waals surface area contributed by atoms with Crippen molar-refractivity contribution in [2.24, 2.45) is 0 Å². The van der Waals surface area contributed by atoms with Crippen molar-refractivity contribution >= 4 is 17.7 Å². The summed E-state index contributed by atoms with van der Waals surface area (Å²) in [5, 5.41) is 11.0. The first-order valence-corrected chi connectivity index (χ1v) is 10.6. The van der Waals surface area contributed by atoms with E-state index in [9.17, 15) is 14.7 Å². The molecule has 2 aromatic carbocycles. The van der Waals surface area contributed by atoms with E-state index in [1.54, 1.807) is 42.5 Å². The van der Waals surface area contributed by atoms with Gasteiger partial charge in [0.1, 0.15) is 11.1 Å². The smallest absolute Gasteiger partial charge is 0.343 e. The lowest BCUT2D eigenvalue weighted by Crippen LogP contribution is -2.27. The van der Waals surface area contributed by atoms with Gasteiger partial charge in [-0.2, -0.15) is 4.98 Å². The summed E-state index contributed by atoms with van der Waals surface area (Å²) in [6.45, 7) is 3.69. The van der Waals surface area contributed by atoms with Crippen LogP contribution in [0, 0.1) is 0 Å². The molecule has 0 fully saturated rings. The second kappa shape index (κ2) is 8.80. The van der Waals surface area contributed by atoms with Gasteiger partial charge in [-0.15, -0.1) is 6.58 Å². The third-order valence-electron chi connectivity index (χ3n) is 4.96. The van der Waals surface area contributed by atoms with Crippen molar-refractivity contribution in [2.45, 2.75) is 11.3 Å². The second-order valence-electron chi connectivity index (χ2n) is 6.76. The number of rotatable bonds is 7. The van der Waals surface area contributed by atoms with Gasteiger partial charge in [-0.25, -0.2) is 4.79 Å².